The summed E-state index contributed by atoms with van der Waals surface area (Å²) in [6.45, 7) is 5.49. The third kappa shape index (κ3) is 6.22. The van der Waals surface area contributed by atoms with E-state index < -0.39 is 0 Å². The minimum atomic E-state index is 0.443. The van der Waals surface area contributed by atoms with Crippen LogP contribution in [0.1, 0.15) is 25.0 Å². The molecular formula is C25H29ClN6O2S. The molecule has 0 saturated carbocycles. The Bertz CT molecular complexity index is 1110. The summed E-state index contributed by atoms with van der Waals surface area (Å²) in [6.07, 6.45) is 3.63. The van der Waals surface area contributed by atoms with Gasteiger partial charge in [0.05, 0.1) is 19.8 Å². The van der Waals surface area contributed by atoms with Gasteiger partial charge in [0.25, 0.3) is 0 Å². The highest BCUT2D eigenvalue weighted by Gasteiger charge is 2.19. The van der Waals surface area contributed by atoms with Crippen molar-refractivity contribution in [3.8, 4) is 11.3 Å². The van der Waals surface area contributed by atoms with Gasteiger partial charge in [-0.15, -0.1) is 0 Å². The Balaban J connectivity index is 1.25. The van der Waals surface area contributed by atoms with Crippen molar-refractivity contribution in [3.63, 3.8) is 0 Å². The van der Waals surface area contributed by atoms with Crippen molar-refractivity contribution in [3.05, 3.63) is 53.2 Å². The zero-order valence-corrected chi connectivity index (χ0v) is 21.1. The number of benzene rings is 1. The molecule has 0 atom stereocenters. The largest absolute Gasteiger partial charge is 0.459 e. The summed E-state index contributed by atoms with van der Waals surface area (Å²) >= 11 is 11.5. The van der Waals surface area contributed by atoms with E-state index in [9.17, 15) is 0 Å². The zero-order chi connectivity index (χ0) is 24.0. The molecule has 2 aliphatic rings. The molecule has 4 heterocycles. The van der Waals surface area contributed by atoms with E-state index in [0.717, 1.165) is 54.9 Å². The lowest BCUT2D eigenvalue weighted by atomic mass is 10.1. The molecule has 1 aromatic carbocycles. The SMILES string of the molecule is S=C(NCc1ccc(-c2ccc(Cl)cc2)o1)Nc1nc(N2CCCCC2)cc(N2CCOCC2)n1. The highest BCUT2D eigenvalue weighted by atomic mass is 35.5. The molecule has 0 amide bonds. The van der Waals surface area contributed by atoms with Gasteiger partial charge in [-0.3, -0.25) is 0 Å². The van der Waals surface area contributed by atoms with E-state index >= 15 is 0 Å². The van der Waals surface area contributed by atoms with Gasteiger partial charge in [-0.2, -0.15) is 9.97 Å². The second-order valence-corrected chi connectivity index (χ2v) is 9.48. The van der Waals surface area contributed by atoms with Gasteiger partial charge in [-0.05, 0) is 67.9 Å². The normalized spacial score (nSPS) is 16.3. The first-order valence-corrected chi connectivity index (χ1v) is 12.8. The maximum atomic E-state index is 5.98. The zero-order valence-electron chi connectivity index (χ0n) is 19.5. The van der Waals surface area contributed by atoms with Gasteiger partial charge in [0.1, 0.15) is 23.2 Å². The summed E-state index contributed by atoms with van der Waals surface area (Å²) in [4.78, 5) is 14.1. The summed E-state index contributed by atoms with van der Waals surface area (Å²) < 4.78 is 11.5. The van der Waals surface area contributed by atoms with Gasteiger partial charge >= 0.3 is 0 Å². The van der Waals surface area contributed by atoms with Crippen LogP contribution in [0.3, 0.4) is 0 Å². The Labute approximate surface area is 215 Å². The summed E-state index contributed by atoms with van der Waals surface area (Å²) in [5.41, 5.74) is 0.972. The predicted octanol–water partition coefficient (Wildman–Crippen LogP) is 4.70. The molecule has 0 unspecified atom stereocenters. The number of nitrogens with one attached hydrogen (secondary N) is 2. The third-order valence-electron chi connectivity index (χ3n) is 6.15. The maximum absolute atomic E-state index is 5.98. The number of ether oxygens (including phenoxy) is 1. The molecule has 0 spiro atoms. The second-order valence-electron chi connectivity index (χ2n) is 8.64. The Morgan fingerprint density at radius 1 is 0.914 bits per heavy atom. The van der Waals surface area contributed by atoms with Gasteiger partial charge in [-0.1, -0.05) is 11.6 Å². The first kappa shape index (κ1) is 23.8. The van der Waals surface area contributed by atoms with Crippen molar-refractivity contribution < 1.29 is 9.15 Å². The molecular weight excluding hydrogens is 484 g/mol. The molecule has 184 valence electrons. The van der Waals surface area contributed by atoms with Crippen LogP contribution in [0, 0.1) is 0 Å². The van der Waals surface area contributed by atoms with Crippen LogP contribution in [0.4, 0.5) is 17.6 Å². The second kappa shape index (κ2) is 11.2. The fourth-order valence-corrected chi connectivity index (χ4v) is 4.56. The van der Waals surface area contributed by atoms with Crippen LogP contribution >= 0.6 is 23.8 Å². The lowest BCUT2D eigenvalue weighted by Crippen LogP contribution is -2.38. The van der Waals surface area contributed by atoms with Gasteiger partial charge < -0.3 is 29.6 Å². The minimum Gasteiger partial charge on any atom is -0.459 e. The number of anilines is 3. The molecule has 0 bridgehead atoms. The van der Waals surface area contributed by atoms with Gasteiger partial charge in [0.2, 0.25) is 5.95 Å². The number of furan rings is 1. The molecule has 2 saturated heterocycles. The van der Waals surface area contributed by atoms with E-state index in [4.69, 9.17) is 42.9 Å². The van der Waals surface area contributed by atoms with Gasteiger partial charge in [0, 0.05) is 42.8 Å². The molecule has 5 rings (SSSR count). The fourth-order valence-electron chi connectivity index (χ4n) is 4.27. The molecule has 0 aliphatic carbocycles. The first-order valence-electron chi connectivity index (χ1n) is 12.0. The minimum absolute atomic E-state index is 0.443. The average Bonchev–Trinajstić information content (AvgIpc) is 3.38. The number of aromatic nitrogens is 2. The van der Waals surface area contributed by atoms with Crippen LogP contribution in [0.5, 0.6) is 0 Å². The van der Waals surface area contributed by atoms with E-state index in [-0.39, 0.29) is 0 Å². The first-order chi connectivity index (χ1) is 17.1. The smallest absolute Gasteiger partial charge is 0.232 e. The van der Waals surface area contributed by atoms with Crippen LogP contribution in [-0.2, 0) is 11.3 Å². The van der Waals surface area contributed by atoms with Gasteiger partial charge in [-0.25, -0.2) is 0 Å². The summed E-state index contributed by atoms with van der Waals surface area (Å²) in [5.74, 6) is 3.88. The van der Waals surface area contributed by atoms with Crippen molar-refractivity contribution in [2.24, 2.45) is 0 Å². The monoisotopic (exact) mass is 512 g/mol. The predicted molar refractivity (Wildman–Crippen MR) is 143 cm³/mol. The van der Waals surface area contributed by atoms with Gasteiger partial charge in [0.15, 0.2) is 5.11 Å². The lowest BCUT2D eigenvalue weighted by Gasteiger charge is -2.31. The lowest BCUT2D eigenvalue weighted by molar-refractivity contribution is 0.122. The molecule has 2 fully saturated rings. The van der Waals surface area contributed by atoms with E-state index in [1.807, 2.05) is 36.4 Å². The van der Waals surface area contributed by atoms with Crippen LogP contribution in [0.25, 0.3) is 11.3 Å². The molecule has 2 aliphatic heterocycles. The number of nitrogens with zero attached hydrogens (tertiary/aromatic N) is 4. The molecule has 8 nitrogen and oxygen atoms in total. The fraction of sp³-hybridized carbons (Fsp3) is 0.400. The number of morpholine rings is 1. The van der Waals surface area contributed by atoms with Crippen molar-refractivity contribution in [1.29, 1.82) is 0 Å². The average molecular weight is 513 g/mol. The maximum Gasteiger partial charge on any atom is 0.232 e. The highest BCUT2D eigenvalue weighted by molar-refractivity contribution is 7.80. The van der Waals surface area contributed by atoms with Crippen LogP contribution in [0.15, 0.2) is 46.9 Å². The molecule has 0 radical (unpaired) electrons. The standard InChI is InChI=1S/C25H29ClN6O2S/c26-19-6-4-18(5-7-19)21-9-8-20(34-21)17-27-25(35)30-24-28-22(31-10-2-1-3-11-31)16-23(29-24)32-12-14-33-15-13-32/h4-9,16H,1-3,10-15,17H2,(H2,27,28,29,30,35). The Kier molecular flexibility index (Phi) is 7.66. The molecule has 10 heteroatoms. The molecule has 2 N–H and O–H groups in total. The number of rotatable bonds is 6. The Morgan fingerprint density at radius 3 is 2.31 bits per heavy atom. The third-order valence-corrected chi connectivity index (χ3v) is 6.65. The highest BCUT2D eigenvalue weighted by Crippen LogP contribution is 2.25. The summed E-state index contributed by atoms with van der Waals surface area (Å²) in [5, 5.41) is 7.51. The van der Waals surface area contributed by atoms with E-state index in [1.54, 1.807) is 0 Å². The van der Waals surface area contributed by atoms with Crippen molar-refractivity contribution in [2.45, 2.75) is 25.8 Å². The topological polar surface area (TPSA) is 78.7 Å². The van der Waals surface area contributed by atoms with Crippen molar-refractivity contribution >= 4 is 46.5 Å². The number of hydrogen-bond acceptors (Lipinski definition) is 7. The molecule has 2 aromatic heterocycles. The summed E-state index contributed by atoms with van der Waals surface area (Å²) in [7, 11) is 0. The molecule has 3 aromatic rings. The number of halogens is 1. The van der Waals surface area contributed by atoms with E-state index in [1.165, 1.54) is 19.3 Å². The van der Waals surface area contributed by atoms with Crippen LogP contribution < -0.4 is 20.4 Å². The van der Waals surface area contributed by atoms with Crippen molar-refractivity contribution in [1.82, 2.24) is 15.3 Å². The van der Waals surface area contributed by atoms with E-state index in [0.29, 0.717) is 35.8 Å². The molecule has 35 heavy (non-hydrogen) atoms. The number of hydrogen-bond donors (Lipinski definition) is 2. The van der Waals surface area contributed by atoms with Crippen molar-refractivity contribution in [2.75, 3.05) is 54.5 Å². The Hall–Kier alpha value is -2.88. The Morgan fingerprint density at radius 2 is 1.60 bits per heavy atom. The quantitative estimate of drug-likeness (QED) is 0.457. The number of piperidine rings is 1. The van der Waals surface area contributed by atoms with Crippen LogP contribution in [-0.4, -0.2) is 54.5 Å². The van der Waals surface area contributed by atoms with Crippen LogP contribution in [0.2, 0.25) is 5.02 Å². The summed E-state index contributed by atoms with van der Waals surface area (Å²) in [6, 6.07) is 13.5. The van der Waals surface area contributed by atoms with E-state index in [2.05, 4.69) is 26.5 Å². The number of thiocarbonyl (C=S) groups is 1.